The predicted octanol–water partition coefficient (Wildman–Crippen LogP) is 7.09. The molecule has 2 aliphatic heterocycles. The summed E-state index contributed by atoms with van der Waals surface area (Å²) < 4.78 is 5.51. The first-order valence-corrected chi connectivity index (χ1v) is 18.9. The van der Waals surface area contributed by atoms with E-state index in [1.54, 1.807) is 4.90 Å². The molecular weight excluding hydrogens is 644 g/mol. The van der Waals surface area contributed by atoms with Gasteiger partial charge in [0.2, 0.25) is 11.8 Å². The molecule has 2 saturated heterocycles. The van der Waals surface area contributed by atoms with Crippen LogP contribution in [0, 0.1) is 23.7 Å². The summed E-state index contributed by atoms with van der Waals surface area (Å²) in [4.78, 5) is 56.6. The summed E-state index contributed by atoms with van der Waals surface area (Å²) in [5.41, 5.74) is -0.671. The van der Waals surface area contributed by atoms with Gasteiger partial charge in [0.15, 0.2) is 5.78 Å². The Kier molecular flexibility index (Phi) is 14.5. The van der Waals surface area contributed by atoms with Crippen molar-refractivity contribution in [3.63, 3.8) is 0 Å². The molecule has 2 heterocycles. The summed E-state index contributed by atoms with van der Waals surface area (Å²) in [5, 5.41) is 18.3. The summed E-state index contributed by atoms with van der Waals surface area (Å²) in [6.45, 7) is 21.9. The van der Waals surface area contributed by atoms with Gasteiger partial charge in [-0.2, -0.15) is 5.06 Å². The fourth-order valence-corrected chi connectivity index (χ4v) is 7.77. The number of amides is 3. The molecule has 0 spiro atoms. The number of hydrogen-bond donors (Lipinski definition) is 3. The SMILES string of the molecule is CC(C)C[C@@H](/C=C/[C@H](Cc1ccccc1)C(=O)N1CCC[C@H]1C(=O)C[C@@H](C(=O)NC1CC(C)(C)N(O)C(C)(C)C1)C(C)C)NC(=O)OC(C)(C)C. The number of hydrogen-bond acceptors (Lipinski definition) is 7. The van der Waals surface area contributed by atoms with Crippen LogP contribution in [0.3, 0.4) is 0 Å². The third-order valence-corrected chi connectivity index (χ3v) is 10.1. The number of carbonyl (C=O) groups excluding carboxylic acids is 4. The average molecular weight is 711 g/mol. The topological polar surface area (TPSA) is 128 Å². The van der Waals surface area contributed by atoms with Gasteiger partial charge >= 0.3 is 6.09 Å². The summed E-state index contributed by atoms with van der Waals surface area (Å²) in [5.74, 6) is -1.26. The van der Waals surface area contributed by atoms with Crippen LogP contribution in [0.5, 0.6) is 0 Å². The minimum absolute atomic E-state index is 0.0546. The maximum absolute atomic E-state index is 14.4. The van der Waals surface area contributed by atoms with Crippen LogP contribution in [0.4, 0.5) is 4.79 Å². The second-order valence-electron chi connectivity index (χ2n) is 17.8. The lowest BCUT2D eigenvalue weighted by Gasteiger charge is -2.51. The van der Waals surface area contributed by atoms with E-state index in [1.807, 2.05) is 105 Å². The van der Waals surface area contributed by atoms with Gasteiger partial charge in [-0.1, -0.05) is 70.2 Å². The summed E-state index contributed by atoms with van der Waals surface area (Å²) in [6.07, 6.45) is 6.88. The molecule has 2 fully saturated rings. The Morgan fingerprint density at radius 3 is 2.14 bits per heavy atom. The van der Waals surface area contributed by atoms with E-state index in [0.29, 0.717) is 45.1 Å². The minimum atomic E-state index is -0.639. The lowest BCUT2D eigenvalue weighted by molar-refractivity contribution is -0.246. The van der Waals surface area contributed by atoms with Crippen LogP contribution in [-0.2, 0) is 25.5 Å². The van der Waals surface area contributed by atoms with E-state index in [1.165, 1.54) is 5.06 Å². The number of rotatable bonds is 14. The number of ketones is 1. The van der Waals surface area contributed by atoms with Crippen molar-refractivity contribution in [1.29, 1.82) is 0 Å². The fourth-order valence-electron chi connectivity index (χ4n) is 7.77. The maximum atomic E-state index is 14.4. The molecule has 0 bridgehead atoms. The molecule has 0 radical (unpaired) electrons. The van der Waals surface area contributed by atoms with Crippen molar-refractivity contribution in [3.05, 3.63) is 48.0 Å². The molecular formula is C41H66N4O6. The molecule has 0 saturated carbocycles. The lowest BCUT2D eigenvalue weighted by Crippen LogP contribution is -2.63. The summed E-state index contributed by atoms with van der Waals surface area (Å²) >= 11 is 0. The third kappa shape index (κ3) is 12.4. The Morgan fingerprint density at radius 1 is 0.980 bits per heavy atom. The highest BCUT2D eigenvalue weighted by molar-refractivity contribution is 5.94. The van der Waals surface area contributed by atoms with Crippen molar-refractivity contribution in [3.8, 4) is 0 Å². The van der Waals surface area contributed by atoms with Crippen LogP contribution in [0.25, 0.3) is 0 Å². The normalized spacial score (nSPS) is 21.5. The Balaban J connectivity index is 1.80. The van der Waals surface area contributed by atoms with E-state index in [4.69, 9.17) is 4.74 Å². The number of alkyl carbamates (subject to hydrolysis) is 1. The summed E-state index contributed by atoms with van der Waals surface area (Å²) in [7, 11) is 0. The molecule has 1 aromatic carbocycles. The molecule has 51 heavy (non-hydrogen) atoms. The van der Waals surface area contributed by atoms with E-state index < -0.39 is 40.6 Å². The van der Waals surface area contributed by atoms with Crippen LogP contribution in [0.15, 0.2) is 42.5 Å². The number of piperidine rings is 1. The van der Waals surface area contributed by atoms with Gasteiger partial charge in [-0.05, 0) is 104 Å². The lowest BCUT2D eigenvalue weighted by atomic mass is 9.78. The van der Waals surface area contributed by atoms with Crippen molar-refractivity contribution >= 4 is 23.7 Å². The molecule has 10 heteroatoms. The van der Waals surface area contributed by atoms with Crippen LogP contribution in [-0.4, -0.2) is 80.2 Å². The van der Waals surface area contributed by atoms with E-state index in [9.17, 15) is 24.4 Å². The van der Waals surface area contributed by atoms with Gasteiger partial charge in [0, 0.05) is 36.0 Å². The van der Waals surface area contributed by atoms with Crippen LogP contribution in [0.2, 0.25) is 0 Å². The predicted molar refractivity (Wildman–Crippen MR) is 201 cm³/mol. The highest BCUT2D eigenvalue weighted by Gasteiger charge is 2.46. The second-order valence-corrected chi connectivity index (χ2v) is 17.8. The molecule has 286 valence electrons. The molecule has 10 nitrogen and oxygen atoms in total. The Hall–Kier alpha value is -3.24. The smallest absolute Gasteiger partial charge is 0.408 e. The zero-order valence-corrected chi connectivity index (χ0v) is 33.1. The summed E-state index contributed by atoms with van der Waals surface area (Å²) in [6, 6.07) is 8.73. The molecule has 4 atom stereocenters. The number of ether oxygens (including phenoxy) is 1. The molecule has 0 aliphatic carbocycles. The van der Waals surface area contributed by atoms with Crippen LogP contribution >= 0.6 is 0 Å². The number of Topliss-reactive ketones (excluding diaryl/α,β-unsaturated/α-hetero) is 1. The fraction of sp³-hybridized carbons (Fsp3) is 0.707. The number of hydroxylamine groups is 2. The van der Waals surface area contributed by atoms with E-state index in [-0.39, 0.29) is 47.9 Å². The minimum Gasteiger partial charge on any atom is -0.444 e. The van der Waals surface area contributed by atoms with Crippen molar-refractivity contribution in [1.82, 2.24) is 20.6 Å². The van der Waals surface area contributed by atoms with Crippen molar-refractivity contribution < 1.29 is 29.1 Å². The van der Waals surface area contributed by atoms with Gasteiger partial charge < -0.3 is 25.5 Å². The first-order chi connectivity index (χ1) is 23.6. The molecule has 3 rings (SSSR count). The van der Waals surface area contributed by atoms with Crippen molar-refractivity contribution in [2.45, 2.75) is 156 Å². The number of carbonyl (C=O) groups is 4. The van der Waals surface area contributed by atoms with Crippen LogP contribution in [0.1, 0.15) is 120 Å². The molecule has 3 N–H and O–H groups in total. The highest BCUT2D eigenvalue weighted by atomic mass is 16.6. The van der Waals surface area contributed by atoms with Gasteiger partial charge in [-0.15, -0.1) is 0 Å². The average Bonchev–Trinajstić information content (AvgIpc) is 3.49. The number of likely N-dealkylation sites (tertiary alicyclic amines) is 1. The molecule has 3 amide bonds. The quantitative estimate of drug-likeness (QED) is 0.176. The Morgan fingerprint density at radius 2 is 1.59 bits per heavy atom. The molecule has 1 aromatic rings. The standard InChI is InChI=1S/C41H66N4O6/c1-27(2)22-31(43-38(49)51-39(5,6)7)20-19-30(23-29-16-13-12-14-17-29)37(48)44-21-15-18-34(44)35(46)24-33(28(3)4)36(47)42-32-25-40(8,9)45(50)41(10,11)26-32/h12-14,16-17,19-20,27-28,30-34,50H,15,18,21-26H2,1-11H3,(H,42,47)(H,43,49)/b20-19+/t30-,31-,33-,34+/m1/s1. The van der Waals surface area contributed by atoms with Crippen molar-refractivity contribution in [2.75, 3.05) is 6.54 Å². The highest BCUT2D eigenvalue weighted by Crippen LogP contribution is 2.37. The second kappa shape index (κ2) is 17.5. The number of nitrogens with one attached hydrogen (secondary N) is 2. The van der Waals surface area contributed by atoms with Crippen LogP contribution < -0.4 is 10.6 Å². The Bertz CT molecular complexity index is 1350. The van der Waals surface area contributed by atoms with Gasteiger partial charge in [0.25, 0.3) is 0 Å². The monoisotopic (exact) mass is 710 g/mol. The van der Waals surface area contributed by atoms with E-state index in [2.05, 4.69) is 24.5 Å². The first kappa shape index (κ1) is 42.2. The van der Waals surface area contributed by atoms with Crippen molar-refractivity contribution in [2.24, 2.45) is 23.7 Å². The van der Waals surface area contributed by atoms with E-state index in [0.717, 1.165) is 5.56 Å². The largest absolute Gasteiger partial charge is 0.444 e. The maximum Gasteiger partial charge on any atom is 0.408 e. The van der Waals surface area contributed by atoms with Gasteiger partial charge in [-0.25, -0.2) is 4.79 Å². The number of nitrogens with zero attached hydrogens (tertiary/aromatic N) is 2. The number of benzene rings is 1. The Labute approximate surface area is 307 Å². The molecule has 0 aromatic heterocycles. The molecule has 0 unspecified atom stereocenters. The van der Waals surface area contributed by atoms with Gasteiger partial charge in [0.1, 0.15) is 5.60 Å². The zero-order chi connectivity index (χ0) is 38.3. The third-order valence-electron chi connectivity index (χ3n) is 10.1. The zero-order valence-electron chi connectivity index (χ0n) is 33.1. The van der Waals surface area contributed by atoms with Gasteiger partial charge in [0.05, 0.1) is 18.0 Å². The molecule has 2 aliphatic rings. The van der Waals surface area contributed by atoms with E-state index >= 15 is 0 Å². The van der Waals surface area contributed by atoms with Gasteiger partial charge in [-0.3, -0.25) is 14.4 Å². The first-order valence-electron chi connectivity index (χ1n) is 18.9.